The summed E-state index contributed by atoms with van der Waals surface area (Å²) in [6.45, 7) is 2.61. The molecule has 4 aromatic rings. The molecule has 0 saturated heterocycles. The molecule has 0 aliphatic heterocycles. The average molecular weight is 504 g/mol. The smallest absolute Gasteiger partial charge is 0.217 e. The number of halogens is 1. The minimum absolute atomic E-state index is 0.0346. The number of hydrogen-bond acceptors (Lipinski definition) is 6. The number of aromatic nitrogens is 2. The van der Waals surface area contributed by atoms with Crippen LogP contribution in [0.2, 0.25) is 0 Å². The number of carbonyl (C=O) groups excluding carboxylic acids is 1. The van der Waals surface area contributed by atoms with Gasteiger partial charge < -0.3 is 15.5 Å². The molecule has 2 atom stereocenters. The molecule has 36 heavy (non-hydrogen) atoms. The molecule has 6 nitrogen and oxygen atoms in total. The van der Waals surface area contributed by atoms with E-state index in [0.717, 1.165) is 16.1 Å². The predicted molar refractivity (Wildman–Crippen MR) is 138 cm³/mol. The van der Waals surface area contributed by atoms with Gasteiger partial charge in [-0.15, -0.1) is 0 Å². The molecular weight excluding hydrogens is 477 g/mol. The van der Waals surface area contributed by atoms with Gasteiger partial charge in [0.15, 0.2) is 0 Å². The van der Waals surface area contributed by atoms with Gasteiger partial charge >= 0.3 is 0 Å². The molecule has 2 unspecified atom stereocenters. The first-order valence-electron chi connectivity index (χ1n) is 11.6. The number of hydrogen-bond donors (Lipinski definition) is 3. The number of aliphatic hydroxyl groups excluding tert-OH is 2. The standard InChI is InChI=1S/C28H26FN3O3S/c1-17(34)32-27(2,16-33)15-23(35)18-8-9-20(21(29)14-18)25-30-22-10-11-24(31-26(22)36-25)28(12-13-28)19-6-4-3-5-7-19/h3-14,23,33,35H,15-16H2,1-2H3,(H,32,34). The van der Waals surface area contributed by atoms with Gasteiger partial charge in [-0.05, 0) is 42.3 Å². The Labute approximate surface area is 212 Å². The number of pyridine rings is 1. The third-order valence-electron chi connectivity index (χ3n) is 6.51. The van der Waals surface area contributed by atoms with Crippen LogP contribution in [0.15, 0.2) is 72.8 Å². The van der Waals surface area contributed by atoms with Crippen LogP contribution < -0.4 is 5.32 Å². The van der Waals surface area contributed by atoms with Gasteiger partial charge in [0, 0.05) is 18.9 Å². The summed E-state index contributed by atoms with van der Waals surface area (Å²) in [4.78, 5) is 21.6. The van der Waals surface area contributed by atoms with Crippen LogP contribution in [0.25, 0.3) is 20.9 Å². The van der Waals surface area contributed by atoms with Crippen molar-refractivity contribution < 1.29 is 19.4 Å². The van der Waals surface area contributed by atoms with Crippen molar-refractivity contribution in [1.82, 2.24) is 15.3 Å². The second kappa shape index (κ2) is 9.20. The van der Waals surface area contributed by atoms with E-state index in [-0.39, 0.29) is 24.3 Å². The Bertz CT molecular complexity index is 1460. The monoisotopic (exact) mass is 503 g/mol. The number of fused-ring (bicyclic) bond motifs is 1. The first kappa shape index (κ1) is 24.2. The minimum Gasteiger partial charge on any atom is -0.394 e. The van der Waals surface area contributed by atoms with Gasteiger partial charge in [0.05, 0.1) is 29.4 Å². The summed E-state index contributed by atoms with van der Waals surface area (Å²) < 4.78 is 15.2. The maximum atomic E-state index is 15.2. The van der Waals surface area contributed by atoms with Gasteiger partial charge in [0.2, 0.25) is 5.91 Å². The van der Waals surface area contributed by atoms with Gasteiger partial charge in [0.25, 0.3) is 0 Å². The largest absolute Gasteiger partial charge is 0.394 e. The fourth-order valence-corrected chi connectivity index (χ4v) is 5.47. The maximum absolute atomic E-state index is 15.2. The van der Waals surface area contributed by atoms with Gasteiger partial charge in [-0.25, -0.2) is 14.4 Å². The first-order valence-corrected chi connectivity index (χ1v) is 12.5. The third kappa shape index (κ3) is 4.55. The molecule has 0 spiro atoms. The zero-order valence-electron chi connectivity index (χ0n) is 19.9. The summed E-state index contributed by atoms with van der Waals surface area (Å²) in [5.74, 6) is -0.833. The number of nitrogens with one attached hydrogen (secondary N) is 1. The molecule has 0 saturated carbocycles. The highest BCUT2D eigenvalue weighted by molar-refractivity contribution is 7.21. The van der Waals surface area contributed by atoms with Crippen molar-refractivity contribution >= 4 is 27.6 Å². The van der Waals surface area contributed by atoms with Crippen molar-refractivity contribution in [3.05, 3.63) is 95.5 Å². The lowest BCUT2D eigenvalue weighted by molar-refractivity contribution is -0.121. The molecule has 2 aromatic heterocycles. The summed E-state index contributed by atoms with van der Waals surface area (Å²) in [7, 11) is 0. The molecule has 0 bridgehead atoms. The predicted octanol–water partition coefficient (Wildman–Crippen LogP) is 4.66. The second-order valence-corrected chi connectivity index (χ2v) is 10.4. The second-order valence-electron chi connectivity index (χ2n) is 9.47. The molecule has 0 radical (unpaired) electrons. The SMILES string of the molecule is CC(=O)NC(C)(CO)CC(O)c1ccc(-c2nc3ccc(C4(c5ccccc5)C=C4)nc3s2)c(F)c1. The lowest BCUT2D eigenvalue weighted by atomic mass is 9.89. The molecule has 1 aliphatic rings. The molecule has 184 valence electrons. The first-order chi connectivity index (χ1) is 17.2. The van der Waals surface area contributed by atoms with E-state index in [2.05, 4.69) is 34.6 Å². The minimum atomic E-state index is -1.07. The van der Waals surface area contributed by atoms with Gasteiger partial charge in [-0.2, -0.15) is 0 Å². The third-order valence-corrected chi connectivity index (χ3v) is 7.51. The quantitative estimate of drug-likeness (QED) is 0.304. The highest BCUT2D eigenvalue weighted by Crippen LogP contribution is 2.45. The van der Waals surface area contributed by atoms with Crippen LogP contribution in [-0.4, -0.2) is 38.2 Å². The van der Waals surface area contributed by atoms with Crippen LogP contribution in [0.1, 0.15) is 43.2 Å². The fraction of sp³-hybridized carbons (Fsp3) is 0.250. The van der Waals surface area contributed by atoms with E-state index in [0.29, 0.717) is 21.7 Å². The normalized spacial score (nSPS) is 16.5. The summed E-state index contributed by atoms with van der Waals surface area (Å²) >= 11 is 1.32. The molecule has 3 N–H and O–H groups in total. The summed E-state index contributed by atoms with van der Waals surface area (Å²) in [5, 5.41) is 23.5. The highest BCUT2D eigenvalue weighted by atomic mass is 32.1. The molecular formula is C28H26FN3O3S. The van der Waals surface area contributed by atoms with Crippen LogP contribution in [0, 0.1) is 5.82 Å². The Morgan fingerprint density at radius 3 is 2.53 bits per heavy atom. The maximum Gasteiger partial charge on any atom is 0.217 e. The number of thiazole rings is 1. The topological polar surface area (TPSA) is 95.3 Å². The Morgan fingerprint density at radius 1 is 1.14 bits per heavy atom. The Hall–Kier alpha value is -3.46. The molecule has 1 amide bonds. The van der Waals surface area contributed by atoms with Crippen LogP contribution >= 0.6 is 11.3 Å². The molecule has 5 rings (SSSR count). The van der Waals surface area contributed by atoms with Crippen LogP contribution in [0.3, 0.4) is 0 Å². The summed E-state index contributed by atoms with van der Waals surface area (Å²) in [6, 6.07) is 18.5. The molecule has 2 heterocycles. The number of amides is 1. The highest BCUT2D eigenvalue weighted by Gasteiger charge is 2.39. The lowest BCUT2D eigenvalue weighted by Crippen LogP contribution is -2.49. The molecule has 1 aliphatic carbocycles. The van der Waals surface area contributed by atoms with Crippen molar-refractivity contribution in [3.63, 3.8) is 0 Å². The van der Waals surface area contributed by atoms with Gasteiger partial charge in [-0.3, -0.25) is 4.79 Å². The molecule has 8 heteroatoms. The van der Waals surface area contributed by atoms with E-state index >= 15 is 4.39 Å². The van der Waals surface area contributed by atoms with Crippen LogP contribution in [0.5, 0.6) is 0 Å². The summed E-state index contributed by atoms with van der Waals surface area (Å²) in [6.07, 6.45) is 3.20. The number of allylic oxidation sites excluding steroid dienone is 2. The number of rotatable bonds is 8. The van der Waals surface area contributed by atoms with E-state index < -0.39 is 17.5 Å². The number of aliphatic hydroxyl groups is 2. The fourth-order valence-electron chi connectivity index (χ4n) is 4.51. The van der Waals surface area contributed by atoms with Crippen molar-refractivity contribution in [1.29, 1.82) is 0 Å². The zero-order chi connectivity index (χ0) is 25.5. The average Bonchev–Trinajstić information content (AvgIpc) is 3.56. The Balaban J connectivity index is 1.40. The van der Waals surface area contributed by atoms with Gasteiger partial charge in [-0.1, -0.05) is 59.9 Å². The molecule has 0 fully saturated rings. The number of nitrogens with zero attached hydrogens (tertiary/aromatic N) is 2. The van der Waals surface area contributed by atoms with Crippen molar-refractivity contribution in [3.8, 4) is 10.6 Å². The lowest BCUT2D eigenvalue weighted by Gasteiger charge is -2.30. The Kier molecular flexibility index (Phi) is 6.20. The van der Waals surface area contributed by atoms with E-state index in [1.165, 1.54) is 24.3 Å². The number of carbonyl (C=O) groups is 1. The number of benzene rings is 2. The van der Waals surface area contributed by atoms with Crippen LogP contribution in [-0.2, 0) is 10.2 Å². The zero-order valence-corrected chi connectivity index (χ0v) is 20.7. The van der Waals surface area contributed by atoms with Crippen molar-refractivity contribution in [2.24, 2.45) is 0 Å². The van der Waals surface area contributed by atoms with Crippen molar-refractivity contribution in [2.75, 3.05) is 6.61 Å². The van der Waals surface area contributed by atoms with Gasteiger partial charge in [0.1, 0.15) is 21.2 Å². The van der Waals surface area contributed by atoms with E-state index in [1.54, 1.807) is 19.1 Å². The molecule has 2 aromatic carbocycles. The van der Waals surface area contributed by atoms with E-state index in [9.17, 15) is 15.0 Å². The van der Waals surface area contributed by atoms with E-state index in [4.69, 9.17) is 4.98 Å². The van der Waals surface area contributed by atoms with E-state index in [1.807, 2.05) is 30.3 Å². The Morgan fingerprint density at radius 2 is 1.89 bits per heavy atom. The van der Waals surface area contributed by atoms with Crippen LogP contribution in [0.4, 0.5) is 4.39 Å². The summed E-state index contributed by atoms with van der Waals surface area (Å²) in [5.41, 5.74) is 2.10. The van der Waals surface area contributed by atoms with Crippen molar-refractivity contribution in [2.45, 2.75) is 37.3 Å².